The molecule has 6 nitrogen and oxygen atoms in total. The molecule has 4 amide bonds. The zero-order chi connectivity index (χ0) is 19.6. The number of carbonyl (C=O) groups is 3. The first-order valence-corrected chi connectivity index (χ1v) is 9.81. The first-order chi connectivity index (χ1) is 12.8. The van der Waals surface area contributed by atoms with Crippen LogP contribution in [0.15, 0.2) is 30.3 Å². The Morgan fingerprint density at radius 2 is 1.78 bits per heavy atom. The lowest BCUT2D eigenvalue weighted by Crippen LogP contribution is -2.52. The number of nitrogens with one attached hydrogen (secondary N) is 1. The van der Waals surface area contributed by atoms with E-state index in [4.69, 9.17) is 0 Å². The molecule has 2 saturated heterocycles. The summed E-state index contributed by atoms with van der Waals surface area (Å²) in [6, 6.07) is 9.69. The van der Waals surface area contributed by atoms with Crippen LogP contribution in [0.4, 0.5) is 4.79 Å². The van der Waals surface area contributed by atoms with Crippen molar-refractivity contribution in [2.24, 2.45) is 0 Å². The van der Waals surface area contributed by atoms with Gasteiger partial charge in [0.2, 0.25) is 5.91 Å². The zero-order valence-electron chi connectivity index (χ0n) is 16.4. The molecule has 27 heavy (non-hydrogen) atoms. The number of piperidine rings is 1. The summed E-state index contributed by atoms with van der Waals surface area (Å²) in [5.74, 6) is -0.459. The Hall–Kier alpha value is -2.37. The maximum Gasteiger partial charge on any atom is 0.325 e. The summed E-state index contributed by atoms with van der Waals surface area (Å²) < 4.78 is 0. The van der Waals surface area contributed by atoms with E-state index in [1.165, 1.54) is 0 Å². The predicted molar refractivity (Wildman–Crippen MR) is 103 cm³/mol. The van der Waals surface area contributed by atoms with Gasteiger partial charge in [0.25, 0.3) is 5.91 Å². The Morgan fingerprint density at radius 1 is 1.15 bits per heavy atom. The maximum absolute atomic E-state index is 12.9. The normalized spacial score (nSPS) is 28.4. The fourth-order valence-corrected chi connectivity index (χ4v) is 4.23. The van der Waals surface area contributed by atoms with Crippen molar-refractivity contribution >= 4 is 17.8 Å². The van der Waals surface area contributed by atoms with Gasteiger partial charge in [-0.15, -0.1) is 0 Å². The fourth-order valence-electron chi connectivity index (χ4n) is 4.23. The van der Waals surface area contributed by atoms with Crippen molar-refractivity contribution in [3.05, 3.63) is 35.9 Å². The number of imide groups is 1. The third-order valence-electron chi connectivity index (χ3n) is 5.88. The molecule has 1 N–H and O–H groups in total. The number of urea groups is 1. The van der Waals surface area contributed by atoms with Crippen LogP contribution < -0.4 is 5.32 Å². The minimum Gasteiger partial charge on any atom is -0.336 e. The molecule has 0 spiro atoms. The van der Waals surface area contributed by atoms with Crippen LogP contribution in [0, 0.1) is 0 Å². The molecule has 2 aliphatic heterocycles. The molecule has 2 fully saturated rings. The number of aryl methyl sites for hydroxylation is 1. The molecule has 0 saturated carbocycles. The Bertz CT molecular complexity index is 711. The topological polar surface area (TPSA) is 69.7 Å². The molecule has 2 heterocycles. The molecule has 2 aliphatic rings. The van der Waals surface area contributed by atoms with Crippen molar-refractivity contribution in [1.29, 1.82) is 0 Å². The smallest absolute Gasteiger partial charge is 0.325 e. The maximum atomic E-state index is 12.9. The first kappa shape index (κ1) is 19.4. The van der Waals surface area contributed by atoms with E-state index < -0.39 is 11.6 Å². The van der Waals surface area contributed by atoms with Crippen molar-refractivity contribution in [3.63, 3.8) is 0 Å². The molecule has 3 atom stereocenters. The van der Waals surface area contributed by atoms with E-state index in [9.17, 15) is 14.4 Å². The number of amides is 4. The van der Waals surface area contributed by atoms with E-state index in [0.717, 1.165) is 29.7 Å². The SMILES string of the molecule is C[C@@H]1CCC[C@H](C)N1C(=O)CN1C(=O)N[C@@](C)(CCc2ccccc2)C1=O. The lowest BCUT2D eigenvalue weighted by atomic mass is 9.93. The van der Waals surface area contributed by atoms with Crippen molar-refractivity contribution in [3.8, 4) is 0 Å². The van der Waals surface area contributed by atoms with Gasteiger partial charge in [0.1, 0.15) is 12.1 Å². The highest BCUT2D eigenvalue weighted by Crippen LogP contribution is 2.26. The first-order valence-electron chi connectivity index (χ1n) is 9.81. The molecular weight excluding hydrogens is 342 g/mol. The van der Waals surface area contributed by atoms with Gasteiger partial charge in [0.05, 0.1) is 0 Å². The van der Waals surface area contributed by atoms with Gasteiger partial charge < -0.3 is 10.2 Å². The van der Waals surface area contributed by atoms with E-state index in [-0.39, 0.29) is 30.4 Å². The third-order valence-corrected chi connectivity index (χ3v) is 5.88. The molecule has 1 aromatic carbocycles. The summed E-state index contributed by atoms with van der Waals surface area (Å²) in [5.41, 5.74) is 0.151. The molecule has 0 aliphatic carbocycles. The fraction of sp³-hybridized carbons (Fsp3) is 0.571. The second-order valence-electron chi connectivity index (χ2n) is 8.07. The predicted octanol–water partition coefficient (Wildman–Crippen LogP) is 2.72. The Labute approximate surface area is 160 Å². The van der Waals surface area contributed by atoms with E-state index in [1.54, 1.807) is 6.92 Å². The highest BCUT2D eigenvalue weighted by molar-refractivity contribution is 6.08. The van der Waals surface area contributed by atoms with Gasteiger partial charge >= 0.3 is 6.03 Å². The second kappa shape index (κ2) is 7.71. The summed E-state index contributed by atoms with van der Waals surface area (Å²) in [6.45, 7) is 5.62. The standard InChI is InChI=1S/C21H29N3O3/c1-15-8-7-9-16(2)24(15)18(25)14-23-19(26)21(3,22-20(23)27)13-12-17-10-5-4-6-11-17/h4-6,10-11,15-16H,7-9,12-14H2,1-3H3,(H,22,27)/t15-,16+,21-/m0/s1. The Balaban J connectivity index is 1.65. The number of carbonyl (C=O) groups excluding carboxylic acids is 3. The van der Waals surface area contributed by atoms with Gasteiger partial charge in [-0.1, -0.05) is 30.3 Å². The lowest BCUT2D eigenvalue weighted by molar-refractivity contribution is -0.142. The van der Waals surface area contributed by atoms with Crippen molar-refractivity contribution in [2.45, 2.75) is 70.5 Å². The van der Waals surface area contributed by atoms with Crippen LogP contribution in [-0.2, 0) is 16.0 Å². The number of hydrogen-bond donors (Lipinski definition) is 1. The van der Waals surface area contributed by atoms with Gasteiger partial charge in [-0.2, -0.15) is 0 Å². The van der Waals surface area contributed by atoms with Crippen LogP contribution in [0.2, 0.25) is 0 Å². The summed E-state index contributed by atoms with van der Waals surface area (Å²) in [4.78, 5) is 41.1. The number of benzene rings is 1. The van der Waals surface area contributed by atoms with E-state index in [0.29, 0.717) is 12.8 Å². The van der Waals surface area contributed by atoms with Crippen LogP contribution in [0.5, 0.6) is 0 Å². The molecule has 146 valence electrons. The van der Waals surface area contributed by atoms with Crippen LogP contribution >= 0.6 is 0 Å². The van der Waals surface area contributed by atoms with Gasteiger partial charge in [0, 0.05) is 12.1 Å². The van der Waals surface area contributed by atoms with E-state index in [2.05, 4.69) is 5.32 Å². The minimum absolute atomic E-state index is 0.145. The van der Waals surface area contributed by atoms with Gasteiger partial charge in [0.15, 0.2) is 0 Å². The highest BCUT2D eigenvalue weighted by atomic mass is 16.2. The quantitative estimate of drug-likeness (QED) is 0.809. The third kappa shape index (κ3) is 3.99. The molecule has 6 heteroatoms. The highest BCUT2D eigenvalue weighted by Gasteiger charge is 2.48. The van der Waals surface area contributed by atoms with E-state index in [1.807, 2.05) is 49.1 Å². The van der Waals surface area contributed by atoms with Crippen LogP contribution in [0.25, 0.3) is 0 Å². The van der Waals surface area contributed by atoms with E-state index >= 15 is 0 Å². The average molecular weight is 371 g/mol. The average Bonchev–Trinajstić information content (AvgIpc) is 2.84. The van der Waals surface area contributed by atoms with Crippen LogP contribution in [0.3, 0.4) is 0 Å². The second-order valence-corrected chi connectivity index (χ2v) is 8.07. The summed E-state index contributed by atoms with van der Waals surface area (Å²) >= 11 is 0. The van der Waals surface area contributed by atoms with Crippen molar-refractivity contribution in [1.82, 2.24) is 15.1 Å². The van der Waals surface area contributed by atoms with Crippen molar-refractivity contribution in [2.75, 3.05) is 6.54 Å². The van der Waals surface area contributed by atoms with Gasteiger partial charge in [-0.25, -0.2) is 4.79 Å². The minimum atomic E-state index is -0.966. The molecule has 0 aromatic heterocycles. The Kier molecular flexibility index (Phi) is 5.53. The van der Waals surface area contributed by atoms with Crippen LogP contribution in [0.1, 0.15) is 52.0 Å². The molecule has 0 bridgehead atoms. The summed E-state index contributed by atoms with van der Waals surface area (Å²) in [5, 5.41) is 2.80. The number of hydrogen-bond acceptors (Lipinski definition) is 3. The zero-order valence-corrected chi connectivity index (χ0v) is 16.4. The van der Waals surface area contributed by atoms with Gasteiger partial charge in [-0.3, -0.25) is 14.5 Å². The molecule has 0 radical (unpaired) electrons. The monoisotopic (exact) mass is 371 g/mol. The number of nitrogens with zero attached hydrogens (tertiary/aromatic N) is 2. The summed E-state index contributed by atoms with van der Waals surface area (Å²) in [7, 11) is 0. The summed E-state index contributed by atoms with van der Waals surface area (Å²) in [6.07, 6.45) is 4.22. The van der Waals surface area contributed by atoms with Gasteiger partial charge in [-0.05, 0) is 58.4 Å². The lowest BCUT2D eigenvalue weighted by Gasteiger charge is -2.39. The Morgan fingerprint density at radius 3 is 2.41 bits per heavy atom. The number of rotatable bonds is 5. The van der Waals surface area contributed by atoms with Crippen molar-refractivity contribution < 1.29 is 14.4 Å². The molecule has 1 aromatic rings. The number of likely N-dealkylation sites (tertiary alicyclic amines) is 1. The van der Waals surface area contributed by atoms with Crippen LogP contribution in [-0.4, -0.2) is 51.8 Å². The molecule has 3 rings (SSSR count). The molecular formula is C21H29N3O3. The molecule has 0 unspecified atom stereocenters. The largest absolute Gasteiger partial charge is 0.336 e.